The first-order chi connectivity index (χ1) is 5.34. The van der Waals surface area contributed by atoms with E-state index in [1.165, 1.54) is 12.8 Å². The van der Waals surface area contributed by atoms with Crippen molar-refractivity contribution in [3.8, 4) is 0 Å². The molecule has 66 valence electrons. The van der Waals surface area contributed by atoms with Crippen LogP contribution in [0.2, 0.25) is 0 Å². The van der Waals surface area contributed by atoms with Gasteiger partial charge in [-0.2, -0.15) is 0 Å². The first kappa shape index (κ1) is 8.97. The highest BCUT2D eigenvalue weighted by molar-refractivity contribution is 4.89. The standard InChI is InChI=1S/C8H18N2O/c9-8-6-7(8)2-4-10-3-1-5-11/h7-8,10-11H,1-6,9H2/t7?,8-/m0/s1. The molecule has 1 saturated carbocycles. The Morgan fingerprint density at radius 3 is 2.73 bits per heavy atom. The molecule has 0 aromatic carbocycles. The maximum Gasteiger partial charge on any atom is 0.0443 e. The van der Waals surface area contributed by atoms with Crippen LogP contribution in [0.1, 0.15) is 19.3 Å². The van der Waals surface area contributed by atoms with Gasteiger partial charge >= 0.3 is 0 Å². The Morgan fingerprint density at radius 2 is 2.18 bits per heavy atom. The van der Waals surface area contributed by atoms with Crippen LogP contribution in [0.4, 0.5) is 0 Å². The Hall–Kier alpha value is -0.120. The second-order valence-corrected chi connectivity index (χ2v) is 3.28. The monoisotopic (exact) mass is 158 g/mol. The van der Waals surface area contributed by atoms with E-state index in [2.05, 4.69) is 5.32 Å². The molecule has 0 bridgehead atoms. The Bertz CT molecular complexity index is 108. The van der Waals surface area contributed by atoms with E-state index in [-0.39, 0.29) is 6.61 Å². The molecule has 3 heteroatoms. The molecule has 1 aliphatic carbocycles. The zero-order valence-corrected chi connectivity index (χ0v) is 6.92. The number of hydrogen-bond acceptors (Lipinski definition) is 3. The molecule has 0 amide bonds. The molecule has 0 spiro atoms. The topological polar surface area (TPSA) is 58.3 Å². The van der Waals surface area contributed by atoms with Crippen molar-refractivity contribution in [2.75, 3.05) is 19.7 Å². The quantitative estimate of drug-likeness (QED) is 0.465. The minimum absolute atomic E-state index is 0.288. The van der Waals surface area contributed by atoms with Gasteiger partial charge in [-0.3, -0.25) is 0 Å². The van der Waals surface area contributed by atoms with Crippen LogP contribution < -0.4 is 11.1 Å². The number of nitrogens with one attached hydrogen (secondary N) is 1. The summed E-state index contributed by atoms with van der Waals surface area (Å²) in [6.45, 7) is 2.27. The average molecular weight is 158 g/mol. The van der Waals surface area contributed by atoms with Crippen LogP contribution >= 0.6 is 0 Å². The highest BCUT2D eigenvalue weighted by Gasteiger charge is 2.32. The third-order valence-corrected chi connectivity index (χ3v) is 2.18. The summed E-state index contributed by atoms with van der Waals surface area (Å²) in [5.41, 5.74) is 5.64. The molecule has 0 heterocycles. The SMILES string of the molecule is N[C@H]1CC1CCNCCCO. The molecule has 0 aromatic heterocycles. The van der Waals surface area contributed by atoms with Gasteiger partial charge < -0.3 is 16.2 Å². The minimum atomic E-state index is 0.288. The summed E-state index contributed by atoms with van der Waals surface area (Å²) in [7, 11) is 0. The van der Waals surface area contributed by atoms with Gasteiger partial charge in [-0.15, -0.1) is 0 Å². The highest BCUT2D eigenvalue weighted by atomic mass is 16.3. The lowest BCUT2D eigenvalue weighted by Crippen LogP contribution is -2.18. The van der Waals surface area contributed by atoms with E-state index in [0.717, 1.165) is 25.4 Å². The van der Waals surface area contributed by atoms with E-state index in [9.17, 15) is 0 Å². The molecule has 1 unspecified atom stereocenters. The van der Waals surface area contributed by atoms with Crippen LogP contribution in [0.25, 0.3) is 0 Å². The van der Waals surface area contributed by atoms with Crippen LogP contribution in [-0.4, -0.2) is 30.8 Å². The second-order valence-electron chi connectivity index (χ2n) is 3.28. The molecule has 11 heavy (non-hydrogen) atoms. The lowest BCUT2D eigenvalue weighted by atomic mass is 10.3. The zero-order valence-electron chi connectivity index (χ0n) is 6.92. The van der Waals surface area contributed by atoms with Crippen molar-refractivity contribution >= 4 is 0 Å². The van der Waals surface area contributed by atoms with Crippen molar-refractivity contribution in [3.63, 3.8) is 0 Å². The van der Waals surface area contributed by atoms with Crippen molar-refractivity contribution in [1.29, 1.82) is 0 Å². The summed E-state index contributed by atoms with van der Waals surface area (Å²) in [4.78, 5) is 0. The molecular weight excluding hydrogens is 140 g/mol. The van der Waals surface area contributed by atoms with Crippen molar-refractivity contribution in [1.82, 2.24) is 5.32 Å². The van der Waals surface area contributed by atoms with Gasteiger partial charge in [-0.05, 0) is 38.3 Å². The molecular formula is C8H18N2O. The number of aliphatic hydroxyl groups is 1. The number of nitrogens with two attached hydrogens (primary N) is 1. The second kappa shape index (κ2) is 4.70. The highest BCUT2D eigenvalue weighted by Crippen LogP contribution is 2.30. The lowest BCUT2D eigenvalue weighted by Gasteiger charge is -2.01. The summed E-state index contributed by atoms with van der Waals surface area (Å²) < 4.78 is 0. The average Bonchev–Trinajstić information content (AvgIpc) is 2.67. The number of rotatable bonds is 6. The van der Waals surface area contributed by atoms with E-state index in [1.54, 1.807) is 0 Å². The van der Waals surface area contributed by atoms with Crippen LogP contribution in [0.5, 0.6) is 0 Å². The van der Waals surface area contributed by atoms with Gasteiger partial charge in [-0.25, -0.2) is 0 Å². The maximum atomic E-state index is 8.47. The Morgan fingerprint density at radius 1 is 1.45 bits per heavy atom. The first-order valence-corrected chi connectivity index (χ1v) is 4.41. The van der Waals surface area contributed by atoms with E-state index in [0.29, 0.717) is 6.04 Å². The Labute approximate surface area is 68.0 Å². The first-order valence-electron chi connectivity index (χ1n) is 4.41. The van der Waals surface area contributed by atoms with Crippen molar-refractivity contribution in [3.05, 3.63) is 0 Å². The molecule has 0 saturated heterocycles. The zero-order chi connectivity index (χ0) is 8.10. The smallest absolute Gasteiger partial charge is 0.0443 e. The number of aliphatic hydroxyl groups excluding tert-OH is 1. The van der Waals surface area contributed by atoms with Crippen molar-refractivity contribution in [2.45, 2.75) is 25.3 Å². The predicted octanol–water partition coefficient (Wildman–Crippen LogP) is -0.304. The van der Waals surface area contributed by atoms with Crippen molar-refractivity contribution in [2.24, 2.45) is 11.7 Å². The maximum absolute atomic E-state index is 8.47. The summed E-state index contributed by atoms with van der Waals surface area (Å²) in [5.74, 6) is 0.775. The van der Waals surface area contributed by atoms with E-state index in [4.69, 9.17) is 10.8 Å². The fourth-order valence-corrected chi connectivity index (χ4v) is 1.22. The van der Waals surface area contributed by atoms with E-state index in [1.807, 2.05) is 0 Å². The summed E-state index contributed by atoms with van der Waals surface area (Å²) in [6, 6.07) is 0.481. The van der Waals surface area contributed by atoms with Gasteiger partial charge in [-0.1, -0.05) is 0 Å². The molecule has 0 aromatic rings. The fourth-order valence-electron chi connectivity index (χ4n) is 1.22. The van der Waals surface area contributed by atoms with E-state index >= 15 is 0 Å². The summed E-state index contributed by atoms with van der Waals surface area (Å²) in [5, 5.41) is 11.7. The fraction of sp³-hybridized carbons (Fsp3) is 1.00. The lowest BCUT2D eigenvalue weighted by molar-refractivity contribution is 0.286. The molecule has 4 N–H and O–H groups in total. The summed E-state index contributed by atoms with van der Waals surface area (Å²) >= 11 is 0. The predicted molar refractivity (Wildman–Crippen MR) is 45.3 cm³/mol. The largest absolute Gasteiger partial charge is 0.396 e. The van der Waals surface area contributed by atoms with Gasteiger partial charge in [0.2, 0.25) is 0 Å². The third-order valence-electron chi connectivity index (χ3n) is 2.18. The minimum Gasteiger partial charge on any atom is -0.396 e. The molecule has 1 rings (SSSR count). The molecule has 1 fully saturated rings. The molecule has 0 radical (unpaired) electrons. The van der Waals surface area contributed by atoms with Crippen LogP contribution in [0.3, 0.4) is 0 Å². The molecule has 3 nitrogen and oxygen atoms in total. The van der Waals surface area contributed by atoms with Crippen molar-refractivity contribution < 1.29 is 5.11 Å². The molecule has 0 aliphatic heterocycles. The van der Waals surface area contributed by atoms with Gasteiger partial charge in [0.15, 0.2) is 0 Å². The van der Waals surface area contributed by atoms with E-state index < -0.39 is 0 Å². The van der Waals surface area contributed by atoms with Crippen LogP contribution in [0.15, 0.2) is 0 Å². The van der Waals surface area contributed by atoms with Crippen LogP contribution in [0, 0.1) is 5.92 Å². The van der Waals surface area contributed by atoms with Crippen LogP contribution in [-0.2, 0) is 0 Å². The third kappa shape index (κ3) is 3.70. The van der Waals surface area contributed by atoms with Gasteiger partial charge in [0.1, 0.15) is 0 Å². The van der Waals surface area contributed by atoms with Gasteiger partial charge in [0, 0.05) is 12.6 Å². The molecule has 1 aliphatic rings. The Balaban J connectivity index is 1.74. The number of hydrogen-bond donors (Lipinski definition) is 3. The normalized spacial score (nSPS) is 28.9. The molecule has 2 atom stereocenters. The summed E-state index contributed by atoms with van der Waals surface area (Å²) in [6.07, 6.45) is 3.27. The van der Waals surface area contributed by atoms with Gasteiger partial charge in [0.05, 0.1) is 0 Å². The van der Waals surface area contributed by atoms with Gasteiger partial charge in [0.25, 0.3) is 0 Å². The Kier molecular flexibility index (Phi) is 3.83.